The fraction of sp³-hybridized carbons (Fsp3) is 0. The first-order valence-electron chi connectivity index (χ1n) is 12.4. The van der Waals surface area contributed by atoms with E-state index in [2.05, 4.69) is 30.3 Å². The second-order valence-corrected chi connectivity index (χ2v) is 10.1. The van der Waals surface area contributed by atoms with E-state index in [1.165, 1.54) is 0 Å². The molecule has 0 bridgehead atoms. The summed E-state index contributed by atoms with van der Waals surface area (Å²) in [5.74, 6) is 0.0917. The molecule has 0 fully saturated rings. The smallest absolute Gasteiger partial charge is 0.194 e. The zero-order valence-electron chi connectivity index (χ0n) is 19.6. The van der Waals surface area contributed by atoms with Crippen molar-refractivity contribution in [1.29, 1.82) is 0 Å². The predicted molar refractivity (Wildman–Crippen MR) is 150 cm³/mol. The Kier molecular flexibility index (Phi) is 3.22. The van der Waals surface area contributed by atoms with Gasteiger partial charge >= 0.3 is 0 Å². The van der Waals surface area contributed by atoms with Gasteiger partial charge in [0.1, 0.15) is 0 Å². The van der Waals surface area contributed by atoms with Crippen molar-refractivity contribution in [2.24, 2.45) is 0 Å². The van der Waals surface area contributed by atoms with Crippen LogP contribution in [0.3, 0.4) is 0 Å². The first-order valence-corrected chi connectivity index (χ1v) is 12.4. The molecule has 0 saturated heterocycles. The van der Waals surface area contributed by atoms with Crippen LogP contribution in [0.4, 0.5) is 5.69 Å². The fourth-order valence-electron chi connectivity index (χ4n) is 6.97. The van der Waals surface area contributed by atoms with Gasteiger partial charge in [0.05, 0.1) is 0 Å². The molecule has 3 heteroatoms. The minimum atomic E-state index is 0.0319. The Morgan fingerprint density at radius 2 is 0.892 bits per heavy atom. The van der Waals surface area contributed by atoms with Crippen LogP contribution in [0.15, 0.2) is 91.0 Å². The summed E-state index contributed by atoms with van der Waals surface area (Å²) in [4.78, 5) is 27.1. The molecule has 0 aromatic heterocycles. The molecule has 170 valence electrons. The van der Waals surface area contributed by atoms with Crippen LogP contribution in [0.2, 0.25) is 0 Å². The third-order valence-corrected chi connectivity index (χ3v) is 8.45. The van der Waals surface area contributed by atoms with Crippen molar-refractivity contribution in [1.82, 2.24) is 0 Å². The van der Waals surface area contributed by atoms with Crippen molar-refractivity contribution in [2.45, 2.75) is 0 Å². The molecule has 7 aromatic carbocycles. The molecule has 0 heterocycles. The van der Waals surface area contributed by atoms with Gasteiger partial charge in [-0.3, -0.25) is 9.59 Å². The highest BCUT2D eigenvalue weighted by molar-refractivity contribution is 6.42. The number of benzene rings is 7. The maximum atomic E-state index is 13.6. The molecule has 37 heavy (non-hydrogen) atoms. The van der Waals surface area contributed by atoms with Gasteiger partial charge in [0.15, 0.2) is 11.6 Å². The normalized spacial score (nSPS) is 13.6. The third kappa shape index (κ3) is 2.07. The number of nitrogen functional groups attached to an aromatic ring is 1. The van der Waals surface area contributed by atoms with Gasteiger partial charge in [0.25, 0.3) is 0 Å². The number of carbonyl (C=O) groups is 2. The highest BCUT2D eigenvalue weighted by Crippen LogP contribution is 2.51. The van der Waals surface area contributed by atoms with Crippen LogP contribution >= 0.6 is 0 Å². The van der Waals surface area contributed by atoms with Gasteiger partial charge in [-0.15, -0.1) is 0 Å². The minimum absolute atomic E-state index is 0.0319. The summed E-state index contributed by atoms with van der Waals surface area (Å²) in [6.45, 7) is 0. The molecule has 0 unspecified atom stereocenters. The maximum absolute atomic E-state index is 13.6. The number of nitrogens with two attached hydrogens (primary N) is 1. The van der Waals surface area contributed by atoms with E-state index in [0.29, 0.717) is 16.8 Å². The zero-order chi connectivity index (χ0) is 24.6. The SMILES string of the molecule is Nc1cc2c3ccc4c5c(ccc(c6ccc7c(c1-c1ccccc1C7=O)c62)c53)C(=O)c1ccccc1-4. The summed E-state index contributed by atoms with van der Waals surface area (Å²) >= 11 is 0. The van der Waals surface area contributed by atoms with Gasteiger partial charge in [-0.2, -0.15) is 0 Å². The molecule has 0 spiro atoms. The number of ketones is 2. The van der Waals surface area contributed by atoms with Crippen molar-refractivity contribution in [3.8, 4) is 22.3 Å². The number of hydrogen-bond acceptors (Lipinski definition) is 3. The van der Waals surface area contributed by atoms with Crippen molar-refractivity contribution in [3.05, 3.63) is 113 Å². The largest absolute Gasteiger partial charge is 0.398 e. The van der Waals surface area contributed by atoms with Gasteiger partial charge in [-0.05, 0) is 67.2 Å². The summed E-state index contributed by atoms with van der Waals surface area (Å²) in [6.07, 6.45) is 0. The molecule has 2 aliphatic carbocycles. The Morgan fingerprint density at radius 1 is 0.405 bits per heavy atom. The average molecular weight is 472 g/mol. The number of rotatable bonds is 0. The second kappa shape index (κ2) is 6.21. The Labute approximate surface area is 211 Å². The van der Waals surface area contributed by atoms with E-state index in [9.17, 15) is 9.59 Å². The second-order valence-electron chi connectivity index (χ2n) is 10.1. The van der Waals surface area contributed by atoms with E-state index in [1.54, 1.807) is 0 Å². The summed E-state index contributed by atoms with van der Waals surface area (Å²) in [6, 6.07) is 30.0. The Bertz CT molecular complexity index is 2240. The van der Waals surface area contributed by atoms with E-state index in [0.717, 1.165) is 76.5 Å². The lowest BCUT2D eigenvalue weighted by Gasteiger charge is -2.26. The Morgan fingerprint density at radius 3 is 1.57 bits per heavy atom. The van der Waals surface area contributed by atoms with E-state index in [-0.39, 0.29) is 11.6 Å². The van der Waals surface area contributed by atoms with Crippen LogP contribution < -0.4 is 5.73 Å². The third-order valence-electron chi connectivity index (χ3n) is 8.45. The van der Waals surface area contributed by atoms with Crippen molar-refractivity contribution in [2.75, 3.05) is 5.73 Å². The zero-order valence-corrected chi connectivity index (χ0v) is 19.6. The lowest BCUT2D eigenvalue weighted by Crippen LogP contribution is -2.12. The lowest BCUT2D eigenvalue weighted by atomic mass is 9.76. The van der Waals surface area contributed by atoms with Gasteiger partial charge in [0.2, 0.25) is 0 Å². The molecule has 2 N–H and O–H groups in total. The first-order chi connectivity index (χ1) is 18.1. The van der Waals surface area contributed by atoms with Gasteiger partial charge in [0, 0.05) is 44.3 Å². The topological polar surface area (TPSA) is 60.2 Å². The van der Waals surface area contributed by atoms with Crippen molar-refractivity contribution in [3.63, 3.8) is 0 Å². The highest BCUT2D eigenvalue weighted by Gasteiger charge is 2.31. The van der Waals surface area contributed by atoms with E-state index >= 15 is 0 Å². The van der Waals surface area contributed by atoms with E-state index in [1.807, 2.05) is 60.7 Å². The summed E-state index contributed by atoms with van der Waals surface area (Å²) in [5.41, 5.74) is 14.2. The van der Waals surface area contributed by atoms with Crippen LogP contribution in [-0.4, -0.2) is 11.6 Å². The van der Waals surface area contributed by atoms with Crippen LogP contribution in [0.1, 0.15) is 31.8 Å². The quantitative estimate of drug-likeness (QED) is 0.140. The minimum Gasteiger partial charge on any atom is -0.398 e. The molecule has 0 radical (unpaired) electrons. The standard InChI is InChI=1S/C34H17NO2/c35-27-15-26-21-10-9-18-16-5-1-3-7-22(16)33(36)24-13-11-19(28(21)29(18)24)20-12-14-25-32(30(20)26)31(27)17-6-2-4-8-23(17)34(25)37/h1-15H,35H2. The molecular weight excluding hydrogens is 454 g/mol. The molecule has 0 saturated carbocycles. The first kappa shape index (κ1) is 19.2. The monoisotopic (exact) mass is 471 g/mol. The summed E-state index contributed by atoms with van der Waals surface area (Å²) < 4.78 is 0. The molecule has 7 aromatic rings. The fourth-order valence-corrected chi connectivity index (χ4v) is 6.97. The summed E-state index contributed by atoms with van der Waals surface area (Å²) in [7, 11) is 0. The Hall–Kier alpha value is -5.02. The van der Waals surface area contributed by atoms with Crippen molar-refractivity contribution < 1.29 is 9.59 Å². The van der Waals surface area contributed by atoms with Crippen LogP contribution in [-0.2, 0) is 0 Å². The van der Waals surface area contributed by atoms with Crippen molar-refractivity contribution >= 4 is 60.3 Å². The van der Waals surface area contributed by atoms with E-state index < -0.39 is 0 Å². The Balaban J connectivity index is 1.55. The van der Waals surface area contributed by atoms with Crippen LogP contribution in [0, 0.1) is 0 Å². The maximum Gasteiger partial charge on any atom is 0.194 e. The number of anilines is 1. The molecule has 2 aliphatic rings. The molecule has 0 aliphatic heterocycles. The lowest BCUT2D eigenvalue weighted by molar-refractivity contribution is 0.103. The van der Waals surface area contributed by atoms with Gasteiger partial charge < -0.3 is 5.73 Å². The predicted octanol–water partition coefficient (Wildman–Crippen LogP) is 7.74. The number of carbonyl (C=O) groups excluding carboxylic acids is 2. The van der Waals surface area contributed by atoms with Crippen LogP contribution in [0.25, 0.3) is 65.3 Å². The summed E-state index contributed by atoms with van der Waals surface area (Å²) in [5, 5.41) is 8.29. The molecule has 3 nitrogen and oxygen atoms in total. The van der Waals surface area contributed by atoms with Crippen LogP contribution in [0.5, 0.6) is 0 Å². The molecular formula is C34H17NO2. The average Bonchev–Trinajstić information content (AvgIpc) is 2.94. The van der Waals surface area contributed by atoms with E-state index in [4.69, 9.17) is 5.73 Å². The number of hydrogen-bond donors (Lipinski definition) is 1. The molecule has 0 amide bonds. The molecule has 0 atom stereocenters. The van der Waals surface area contributed by atoms with Gasteiger partial charge in [-0.1, -0.05) is 72.8 Å². The molecule has 9 rings (SSSR count). The van der Waals surface area contributed by atoms with Gasteiger partial charge in [-0.25, -0.2) is 0 Å². The highest BCUT2D eigenvalue weighted by atomic mass is 16.1. The number of fused-ring (bicyclic) bond motifs is 6.